The van der Waals surface area contributed by atoms with Crippen molar-refractivity contribution in [3.8, 4) is 0 Å². The Kier molecular flexibility index (Phi) is 3.04. The maximum absolute atomic E-state index is 4.75. The molecule has 4 heteroatoms. The highest BCUT2D eigenvalue weighted by atomic mass is 15.1. The molecule has 1 fully saturated rings. The van der Waals surface area contributed by atoms with Gasteiger partial charge in [-0.05, 0) is 45.0 Å². The van der Waals surface area contributed by atoms with Gasteiger partial charge in [-0.1, -0.05) is 0 Å². The van der Waals surface area contributed by atoms with Crippen LogP contribution in [0.2, 0.25) is 0 Å². The van der Waals surface area contributed by atoms with E-state index in [4.69, 9.17) is 4.98 Å². The van der Waals surface area contributed by atoms with E-state index in [2.05, 4.69) is 34.5 Å². The average molecular weight is 244 g/mol. The van der Waals surface area contributed by atoms with E-state index in [0.29, 0.717) is 0 Å². The van der Waals surface area contributed by atoms with E-state index >= 15 is 0 Å². The molecule has 3 rings (SSSR count). The minimum atomic E-state index is 0.747. The summed E-state index contributed by atoms with van der Waals surface area (Å²) in [6, 6.07) is 4.02. The number of hydrogen-bond donors (Lipinski definition) is 0. The molecule has 0 aliphatic carbocycles. The number of fused-ring (bicyclic) bond motifs is 1. The second kappa shape index (κ2) is 4.69. The fourth-order valence-corrected chi connectivity index (χ4v) is 2.94. The molecule has 96 valence electrons. The van der Waals surface area contributed by atoms with Crippen molar-refractivity contribution >= 4 is 11.2 Å². The van der Waals surface area contributed by atoms with Crippen molar-refractivity contribution < 1.29 is 0 Å². The zero-order valence-electron chi connectivity index (χ0n) is 11.1. The minimum Gasteiger partial charge on any atom is -0.313 e. The second-order valence-corrected chi connectivity index (χ2v) is 5.24. The molecular weight excluding hydrogens is 224 g/mol. The van der Waals surface area contributed by atoms with Crippen LogP contribution in [0.15, 0.2) is 18.3 Å². The van der Waals surface area contributed by atoms with Gasteiger partial charge in [-0.15, -0.1) is 0 Å². The SMILES string of the molecule is CCn1c(CC2CCN(C)C2)nc2cccnc21. The predicted molar refractivity (Wildman–Crippen MR) is 72.5 cm³/mol. The fraction of sp³-hybridized carbons (Fsp3) is 0.571. The molecule has 2 aromatic rings. The first kappa shape index (κ1) is 11.7. The number of aromatic nitrogens is 3. The number of rotatable bonds is 3. The predicted octanol–water partition coefficient (Wildman–Crippen LogP) is 1.95. The van der Waals surface area contributed by atoms with Crippen molar-refractivity contribution in [2.24, 2.45) is 5.92 Å². The van der Waals surface area contributed by atoms with Gasteiger partial charge in [-0.25, -0.2) is 9.97 Å². The summed E-state index contributed by atoms with van der Waals surface area (Å²) < 4.78 is 2.26. The fourth-order valence-electron chi connectivity index (χ4n) is 2.94. The van der Waals surface area contributed by atoms with Gasteiger partial charge >= 0.3 is 0 Å². The Hall–Kier alpha value is -1.42. The van der Waals surface area contributed by atoms with Gasteiger partial charge in [0.05, 0.1) is 0 Å². The molecule has 1 unspecified atom stereocenters. The van der Waals surface area contributed by atoms with Crippen LogP contribution in [0.3, 0.4) is 0 Å². The zero-order chi connectivity index (χ0) is 12.5. The Morgan fingerprint density at radius 2 is 2.33 bits per heavy atom. The van der Waals surface area contributed by atoms with Crippen LogP contribution in [0, 0.1) is 5.92 Å². The molecule has 1 atom stereocenters. The molecule has 0 aromatic carbocycles. The lowest BCUT2D eigenvalue weighted by Crippen LogP contribution is -2.16. The molecule has 4 nitrogen and oxygen atoms in total. The summed E-state index contributed by atoms with van der Waals surface area (Å²) in [7, 11) is 2.20. The van der Waals surface area contributed by atoms with Crippen LogP contribution < -0.4 is 0 Å². The Bertz CT molecular complexity index is 546. The van der Waals surface area contributed by atoms with E-state index in [1.165, 1.54) is 25.3 Å². The van der Waals surface area contributed by atoms with E-state index in [1.807, 2.05) is 12.3 Å². The molecule has 3 heterocycles. The molecule has 1 aliphatic rings. The lowest BCUT2D eigenvalue weighted by molar-refractivity contribution is 0.391. The van der Waals surface area contributed by atoms with Gasteiger partial charge in [0.1, 0.15) is 11.3 Å². The van der Waals surface area contributed by atoms with Gasteiger partial charge in [0.15, 0.2) is 5.65 Å². The van der Waals surface area contributed by atoms with Crippen molar-refractivity contribution in [2.45, 2.75) is 26.3 Å². The Labute approximate surface area is 108 Å². The molecule has 1 aliphatic heterocycles. The Morgan fingerprint density at radius 3 is 3.06 bits per heavy atom. The molecule has 2 aromatic heterocycles. The van der Waals surface area contributed by atoms with Gasteiger partial charge < -0.3 is 9.47 Å². The van der Waals surface area contributed by atoms with Crippen molar-refractivity contribution in [2.75, 3.05) is 20.1 Å². The third kappa shape index (κ3) is 2.01. The molecule has 18 heavy (non-hydrogen) atoms. The van der Waals surface area contributed by atoms with Crippen molar-refractivity contribution in [1.82, 2.24) is 19.4 Å². The van der Waals surface area contributed by atoms with Crippen LogP contribution in [0.4, 0.5) is 0 Å². The highest BCUT2D eigenvalue weighted by Gasteiger charge is 2.22. The lowest BCUT2D eigenvalue weighted by Gasteiger charge is -2.11. The van der Waals surface area contributed by atoms with E-state index in [-0.39, 0.29) is 0 Å². The first-order valence-corrected chi connectivity index (χ1v) is 6.76. The van der Waals surface area contributed by atoms with Crippen LogP contribution in [0.1, 0.15) is 19.2 Å². The molecule has 0 spiro atoms. The summed E-state index contributed by atoms with van der Waals surface area (Å²) in [6.45, 7) is 5.53. The number of aryl methyl sites for hydroxylation is 1. The summed E-state index contributed by atoms with van der Waals surface area (Å²) in [5.74, 6) is 1.95. The summed E-state index contributed by atoms with van der Waals surface area (Å²) >= 11 is 0. The van der Waals surface area contributed by atoms with Crippen LogP contribution in [-0.2, 0) is 13.0 Å². The molecule has 0 saturated carbocycles. The number of hydrogen-bond acceptors (Lipinski definition) is 3. The van der Waals surface area contributed by atoms with Crippen molar-refractivity contribution in [3.05, 3.63) is 24.2 Å². The first-order chi connectivity index (χ1) is 8.78. The highest BCUT2D eigenvalue weighted by molar-refractivity contribution is 5.71. The zero-order valence-corrected chi connectivity index (χ0v) is 11.1. The van der Waals surface area contributed by atoms with Crippen LogP contribution in [-0.4, -0.2) is 39.6 Å². The summed E-state index contributed by atoms with van der Waals surface area (Å²) in [4.78, 5) is 11.6. The van der Waals surface area contributed by atoms with Crippen molar-refractivity contribution in [3.63, 3.8) is 0 Å². The third-order valence-electron chi connectivity index (χ3n) is 3.86. The topological polar surface area (TPSA) is 34.0 Å². The average Bonchev–Trinajstić information content (AvgIpc) is 2.92. The van der Waals surface area contributed by atoms with Gasteiger partial charge in [-0.3, -0.25) is 0 Å². The maximum Gasteiger partial charge on any atom is 0.159 e. The van der Waals surface area contributed by atoms with E-state index < -0.39 is 0 Å². The molecule has 0 bridgehead atoms. The Morgan fingerprint density at radius 1 is 1.44 bits per heavy atom. The second-order valence-electron chi connectivity index (χ2n) is 5.24. The van der Waals surface area contributed by atoms with Gasteiger partial charge in [0.25, 0.3) is 0 Å². The molecular formula is C14H20N4. The van der Waals surface area contributed by atoms with Crippen molar-refractivity contribution in [1.29, 1.82) is 0 Å². The summed E-state index contributed by atoms with van der Waals surface area (Å²) in [6.07, 6.45) is 4.22. The maximum atomic E-state index is 4.75. The molecule has 0 amide bonds. The number of pyridine rings is 1. The summed E-state index contributed by atoms with van der Waals surface area (Å²) in [5.41, 5.74) is 2.06. The number of likely N-dealkylation sites (tertiary alicyclic amines) is 1. The van der Waals surface area contributed by atoms with E-state index in [1.54, 1.807) is 0 Å². The van der Waals surface area contributed by atoms with Gasteiger partial charge in [0, 0.05) is 25.7 Å². The smallest absolute Gasteiger partial charge is 0.159 e. The van der Waals surface area contributed by atoms with Gasteiger partial charge in [-0.2, -0.15) is 0 Å². The molecule has 0 radical (unpaired) electrons. The monoisotopic (exact) mass is 244 g/mol. The normalized spacial score (nSPS) is 20.9. The first-order valence-electron chi connectivity index (χ1n) is 6.76. The molecule has 0 N–H and O–H groups in total. The standard InChI is InChI=1S/C14H20N4/c1-3-18-13(9-11-6-8-17(2)10-11)16-12-5-4-7-15-14(12)18/h4-5,7,11H,3,6,8-10H2,1-2H3. The van der Waals surface area contributed by atoms with Crippen LogP contribution in [0.5, 0.6) is 0 Å². The lowest BCUT2D eigenvalue weighted by atomic mass is 10.0. The number of nitrogens with zero attached hydrogens (tertiary/aromatic N) is 4. The van der Waals surface area contributed by atoms with Gasteiger partial charge in [0.2, 0.25) is 0 Å². The minimum absolute atomic E-state index is 0.747. The van der Waals surface area contributed by atoms with Crippen LogP contribution in [0.25, 0.3) is 11.2 Å². The summed E-state index contributed by atoms with van der Waals surface area (Å²) in [5, 5.41) is 0. The highest BCUT2D eigenvalue weighted by Crippen LogP contribution is 2.21. The van der Waals surface area contributed by atoms with E-state index in [0.717, 1.165) is 30.0 Å². The van der Waals surface area contributed by atoms with Crippen LogP contribution >= 0.6 is 0 Å². The van der Waals surface area contributed by atoms with E-state index in [9.17, 15) is 0 Å². The third-order valence-corrected chi connectivity index (χ3v) is 3.86. The number of imidazole rings is 1. The quantitative estimate of drug-likeness (QED) is 0.827. The largest absolute Gasteiger partial charge is 0.313 e. The Balaban J connectivity index is 1.91. The molecule has 1 saturated heterocycles.